The van der Waals surface area contributed by atoms with Gasteiger partial charge in [0.15, 0.2) is 0 Å². The fraction of sp³-hybridized carbons (Fsp3) is 0.769. The topological polar surface area (TPSA) is 174 Å². The highest BCUT2D eigenvalue weighted by Crippen LogP contribution is 2.52. The number of urea groups is 1. The molecule has 4 aliphatic rings. The maximum atomic E-state index is 15.0. The minimum Gasteiger partial charge on any atom is -0.346 e. The van der Waals surface area contributed by atoms with Crippen LogP contribution in [0.25, 0.3) is 0 Å². The first-order chi connectivity index (χ1) is 25.2. The maximum absolute atomic E-state index is 15.0. The van der Waals surface area contributed by atoms with Crippen molar-refractivity contribution < 1.29 is 33.6 Å². The number of hydrogen-bond acceptors (Lipinski definition) is 9. The largest absolute Gasteiger partial charge is 0.346 e. The molecule has 3 heterocycles. The number of amides is 7. The molecule has 1 unspecified atom stereocenters. The van der Waals surface area contributed by atoms with Crippen molar-refractivity contribution in [2.24, 2.45) is 16.2 Å². The van der Waals surface area contributed by atoms with Crippen LogP contribution in [0, 0.1) is 16.2 Å². The van der Waals surface area contributed by atoms with E-state index in [-0.39, 0.29) is 50.1 Å². The summed E-state index contributed by atoms with van der Waals surface area (Å²) in [7, 11) is 0. The summed E-state index contributed by atoms with van der Waals surface area (Å²) in [5.41, 5.74) is -1.58. The molecule has 4 N–H and O–H groups in total. The second-order valence-corrected chi connectivity index (χ2v) is 20.8. The summed E-state index contributed by atoms with van der Waals surface area (Å²) in [6.45, 7) is 17.4. The Balaban J connectivity index is 1.60. The second-order valence-electron chi connectivity index (χ2n) is 17.6. The zero-order chi connectivity index (χ0) is 40.1. The van der Waals surface area contributed by atoms with Crippen molar-refractivity contribution in [3.63, 3.8) is 0 Å². The number of nitrogens with one attached hydrogen (secondary N) is 4. The highest BCUT2D eigenvalue weighted by Gasteiger charge is 2.55. The molecule has 0 aromatic rings. The van der Waals surface area contributed by atoms with E-state index in [1.165, 1.54) is 11.0 Å². The van der Waals surface area contributed by atoms with E-state index in [0.29, 0.717) is 32.2 Å². The first-order valence-corrected chi connectivity index (χ1v) is 21.4. The van der Waals surface area contributed by atoms with Crippen molar-refractivity contribution in [1.29, 1.82) is 0 Å². The van der Waals surface area contributed by atoms with Gasteiger partial charge in [0.25, 0.3) is 5.91 Å². The Morgan fingerprint density at radius 2 is 1.56 bits per heavy atom. The van der Waals surface area contributed by atoms with Crippen LogP contribution >= 0.6 is 23.5 Å². The third kappa shape index (κ3) is 10.6. The number of hydrogen-bond donors (Lipinski definition) is 4. The predicted molar refractivity (Wildman–Crippen MR) is 212 cm³/mol. The highest BCUT2D eigenvalue weighted by molar-refractivity contribution is 8.21. The van der Waals surface area contributed by atoms with Crippen LogP contribution in [0.1, 0.15) is 113 Å². The SMILES string of the molecule is C=CCNC(=O)C(=O)C(CCC)NC(=O)[C@@H]1CC2(CN1C(=O)[C@@H](NC(=O)N[C@@H](CN1C(=O)CC(C)(C)CC1=O)C(C)(C)C)C1(C)CCCCC1)SCCS2. The van der Waals surface area contributed by atoms with Crippen molar-refractivity contribution in [2.75, 3.05) is 31.1 Å². The molecule has 4 atom stereocenters. The average molecular weight is 791 g/mol. The molecule has 3 saturated heterocycles. The Hall–Kier alpha value is -3.07. The molecule has 4 fully saturated rings. The quantitative estimate of drug-likeness (QED) is 0.115. The lowest BCUT2D eigenvalue weighted by Crippen LogP contribution is -2.63. The number of Topliss-reactive ketones (excluding diaryl/α,β-unsaturated/α-hetero) is 1. The van der Waals surface area contributed by atoms with Crippen LogP contribution in [0.4, 0.5) is 4.79 Å². The van der Waals surface area contributed by atoms with Gasteiger partial charge in [-0.2, -0.15) is 0 Å². The molecule has 0 bridgehead atoms. The summed E-state index contributed by atoms with van der Waals surface area (Å²) < 4.78 is -0.414. The van der Waals surface area contributed by atoms with Crippen LogP contribution in [-0.2, 0) is 28.8 Å². The highest BCUT2D eigenvalue weighted by atomic mass is 32.2. The third-order valence-corrected chi connectivity index (χ3v) is 14.8. The summed E-state index contributed by atoms with van der Waals surface area (Å²) in [4.78, 5) is 98.0. The number of imide groups is 1. The van der Waals surface area contributed by atoms with E-state index < -0.39 is 68.1 Å². The van der Waals surface area contributed by atoms with Gasteiger partial charge in [-0.05, 0) is 35.5 Å². The average Bonchev–Trinajstić information content (AvgIpc) is 3.72. The lowest BCUT2D eigenvalue weighted by molar-refractivity contribution is -0.153. The summed E-state index contributed by atoms with van der Waals surface area (Å²) in [6, 6.07) is -4.15. The van der Waals surface area contributed by atoms with Crippen LogP contribution in [0.5, 0.6) is 0 Å². The molecule has 1 spiro atoms. The van der Waals surface area contributed by atoms with Gasteiger partial charge in [-0.25, -0.2) is 4.79 Å². The number of rotatable bonds is 14. The van der Waals surface area contributed by atoms with Crippen LogP contribution in [0.15, 0.2) is 12.7 Å². The summed E-state index contributed by atoms with van der Waals surface area (Å²) in [5, 5.41) is 11.4. The first kappa shape index (κ1) is 43.7. The van der Waals surface area contributed by atoms with Crippen LogP contribution < -0.4 is 21.3 Å². The van der Waals surface area contributed by atoms with Gasteiger partial charge in [-0.1, -0.05) is 80.2 Å². The molecule has 15 heteroatoms. The number of likely N-dealkylation sites (tertiary alicyclic amines) is 2. The summed E-state index contributed by atoms with van der Waals surface area (Å²) in [6.07, 6.45) is 7.28. The maximum Gasteiger partial charge on any atom is 0.315 e. The van der Waals surface area contributed by atoms with Gasteiger partial charge in [0.05, 0.1) is 16.2 Å². The van der Waals surface area contributed by atoms with Crippen LogP contribution in [0.2, 0.25) is 0 Å². The van der Waals surface area contributed by atoms with E-state index in [9.17, 15) is 28.8 Å². The van der Waals surface area contributed by atoms with Gasteiger partial charge < -0.3 is 26.2 Å². The summed E-state index contributed by atoms with van der Waals surface area (Å²) in [5.74, 6) is -1.22. The fourth-order valence-electron chi connectivity index (χ4n) is 8.06. The Bertz CT molecular complexity index is 1450. The molecule has 1 saturated carbocycles. The molecular weight excluding hydrogens is 729 g/mol. The third-order valence-electron chi connectivity index (χ3n) is 11.3. The zero-order valence-corrected chi connectivity index (χ0v) is 34.9. The molecule has 4 rings (SSSR count). The number of carbonyl (C=O) groups excluding carboxylic acids is 7. The molecule has 7 amide bonds. The number of piperidine rings is 1. The first-order valence-electron chi connectivity index (χ1n) is 19.5. The molecule has 1 aliphatic carbocycles. The van der Waals surface area contributed by atoms with Crippen molar-refractivity contribution in [3.05, 3.63) is 12.7 Å². The standard InChI is InChI=1S/C39H62N6O7S2/c1-9-14-25(30(48)33(50)40-17-10-2)41-32(49)26-20-39(53-18-19-54-39)24-45(26)34(51)31(38(8)15-12-11-13-16-38)43-35(52)42-27(36(3,4)5)23-44-28(46)21-37(6,7)22-29(44)47/h10,25-27,31H,2,9,11-24H2,1,3-8H3,(H,40,50)(H,41,49)(H2,42,43,52)/t25?,26-,27-,31+/m0/s1. The molecule has 302 valence electrons. The predicted octanol–water partition coefficient (Wildman–Crippen LogP) is 4.15. The van der Waals surface area contributed by atoms with Crippen molar-refractivity contribution in [2.45, 2.75) is 141 Å². The van der Waals surface area contributed by atoms with Gasteiger partial charge in [0, 0.05) is 50.4 Å². The number of ketones is 1. The lowest BCUT2D eigenvalue weighted by atomic mass is 9.70. The Labute approximate surface area is 329 Å². The van der Waals surface area contributed by atoms with Crippen LogP contribution in [0.3, 0.4) is 0 Å². The molecule has 13 nitrogen and oxygen atoms in total. The van der Waals surface area contributed by atoms with Crippen molar-refractivity contribution >= 4 is 64.9 Å². The molecule has 0 aromatic heterocycles. The smallest absolute Gasteiger partial charge is 0.315 e. The van der Waals surface area contributed by atoms with E-state index in [1.807, 2.05) is 48.5 Å². The lowest BCUT2D eigenvalue weighted by Gasteiger charge is -2.43. The van der Waals surface area contributed by atoms with Gasteiger partial charge in [0.2, 0.25) is 29.4 Å². The van der Waals surface area contributed by atoms with E-state index in [1.54, 1.807) is 28.4 Å². The van der Waals surface area contributed by atoms with E-state index in [2.05, 4.69) is 27.8 Å². The van der Waals surface area contributed by atoms with Crippen molar-refractivity contribution in [3.8, 4) is 0 Å². The molecule has 0 aromatic carbocycles. The van der Waals surface area contributed by atoms with Gasteiger partial charge >= 0.3 is 6.03 Å². The molecule has 3 aliphatic heterocycles. The Morgan fingerprint density at radius 3 is 2.11 bits per heavy atom. The molecule has 54 heavy (non-hydrogen) atoms. The van der Waals surface area contributed by atoms with Gasteiger partial charge in [0.1, 0.15) is 12.1 Å². The number of nitrogens with zero attached hydrogens (tertiary/aromatic N) is 2. The van der Waals surface area contributed by atoms with E-state index in [0.717, 1.165) is 30.8 Å². The monoisotopic (exact) mass is 790 g/mol. The normalized spacial score (nSPS) is 23.6. The minimum absolute atomic E-state index is 0.00907. The van der Waals surface area contributed by atoms with Gasteiger partial charge in [-0.3, -0.25) is 33.7 Å². The van der Waals surface area contributed by atoms with E-state index >= 15 is 4.79 Å². The zero-order valence-electron chi connectivity index (χ0n) is 33.3. The Morgan fingerprint density at radius 1 is 0.944 bits per heavy atom. The minimum atomic E-state index is -1.06. The van der Waals surface area contributed by atoms with E-state index in [4.69, 9.17) is 0 Å². The number of thioether (sulfide) groups is 2. The van der Waals surface area contributed by atoms with Crippen LogP contribution in [-0.4, -0.2) is 111 Å². The van der Waals surface area contributed by atoms with Gasteiger partial charge in [-0.15, -0.1) is 30.1 Å². The second kappa shape index (κ2) is 17.8. The Kier molecular flexibility index (Phi) is 14.4. The molecular formula is C39H62N6O7S2. The molecule has 0 radical (unpaired) electrons. The summed E-state index contributed by atoms with van der Waals surface area (Å²) >= 11 is 3.44. The fourth-order valence-corrected chi connectivity index (χ4v) is 11.3. The number of carbonyl (C=O) groups is 7. The van der Waals surface area contributed by atoms with Crippen molar-refractivity contribution in [1.82, 2.24) is 31.1 Å².